The number of hydrogen-bond acceptors (Lipinski definition) is 2. The molecular weight excluding hydrogens is 258 g/mol. The van der Waals surface area contributed by atoms with E-state index in [0.29, 0.717) is 11.8 Å². The molecule has 1 unspecified atom stereocenters. The van der Waals surface area contributed by atoms with E-state index in [2.05, 4.69) is 71.1 Å². The van der Waals surface area contributed by atoms with Gasteiger partial charge in [-0.2, -0.15) is 0 Å². The third-order valence-corrected chi connectivity index (χ3v) is 3.49. The van der Waals surface area contributed by atoms with Gasteiger partial charge in [-0.25, -0.2) is 0 Å². The molecule has 0 bridgehead atoms. The highest BCUT2D eigenvalue weighted by molar-refractivity contribution is 5.24. The van der Waals surface area contributed by atoms with Crippen molar-refractivity contribution in [2.24, 2.45) is 5.92 Å². The molecule has 120 valence electrons. The van der Waals surface area contributed by atoms with Crippen LogP contribution in [0.5, 0.6) is 0 Å². The van der Waals surface area contributed by atoms with Gasteiger partial charge in [-0.05, 0) is 58.1 Å². The number of aryl methyl sites for hydroxylation is 1. The third-order valence-electron chi connectivity index (χ3n) is 3.49. The molecular formula is C19H33NO. The lowest BCUT2D eigenvalue weighted by atomic mass is 9.95. The molecule has 0 aliphatic rings. The molecule has 0 spiro atoms. The summed E-state index contributed by atoms with van der Waals surface area (Å²) >= 11 is 0. The Hall–Kier alpha value is -0.860. The van der Waals surface area contributed by atoms with Gasteiger partial charge in [-0.1, -0.05) is 43.7 Å². The van der Waals surface area contributed by atoms with Gasteiger partial charge in [-0.15, -0.1) is 0 Å². The summed E-state index contributed by atoms with van der Waals surface area (Å²) in [6, 6.07) is 8.92. The van der Waals surface area contributed by atoms with Crippen LogP contribution in [0.15, 0.2) is 24.3 Å². The van der Waals surface area contributed by atoms with Crippen LogP contribution in [-0.2, 0) is 4.74 Å². The number of nitrogens with one attached hydrogen (secondary N) is 1. The second-order valence-corrected chi connectivity index (χ2v) is 7.41. The largest absolute Gasteiger partial charge is 0.376 e. The molecule has 2 nitrogen and oxygen atoms in total. The van der Waals surface area contributed by atoms with Gasteiger partial charge in [0.2, 0.25) is 0 Å². The van der Waals surface area contributed by atoms with Crippen LogP contribution >= 0.6 is 0 Å². The first kappa shape index (κ1) is 18.2. The van der Waals surface area contributed by atoms with Crippen molar-refractivity contribution >= 4 is 0 Å². The highest BCUT2D eigenvalue weighted by Gasteiger charge is 2.15. The maximum Gasteiger partial charge on any atom is 0.0598 e. The van der Waals surface area contributed by atoms with Gasteiger partial charge in [0.1, 0.15) is 0 Å². The molecule has 0 aromatic heterocycles. The number of hydrogen-bond donors (Lipinski definition) is 1. The third kappa shape index (κ3) is 8.23. The van der Waals surface area contributed by atoms with E-state index in [4.69, 9.17) is 4.74 Å². The van der Waals surface area contributed by atoms with E-state index in [9.17, 15) is 0 Å². The molecule has 0 heterocycles. The van der Waals surface area contributed by atoms with Crippen LogP contribution in [0.2, 0.25) is 0 Å². The summed E-state index contributed by atoms with van der Waals surface area (Å²) in [7, 11) is 0. The van der Waals surface area contributed by atoms with Crippen LogP contribution in [0.4, 0.5) is 0 Å². The molecule has 0 fully saturated rings. The maximum absolute atomic E-state index is 5.90. The lowest BCUT2D eigenvalue weighted by Crippen LogP contribution is -2.27. The monoisotopic (exact) mass is 291 g/mol. The first-order chi connectivity index (χ1) is 9.78. The smallest absolute Gasteiger partial charge is 0.0598 e. The summed E-state index contributed by atoms with van der Waals surface area (Å²) in [4.78, 5) is 0. The Morgan fingerprint density at radius 2 is 1.67 bits per heavy atom. The van der Waals surface area contributed by atoms with Crippen molar-refractivity contribution in [2.45, 2.75) is 59.5 Å². The van der Waals surface area contributed by atoms with Crippen molar-refractivity contribution in [3.63, 3.8) is 0 Å². The summed E-state index contributed by atoms with van der Waals surface area (Å²) in [5, 5.41) is 3.59. The Morgan fingerprint density at radius 1 is 1.05 bits per heavy atom. The molecule has 1 rings (SSSR count). The summed E-state index contributed by atoms with van der Waals surface area (Å²) in [5.74, 6) is 1.21. The second kappa shape index (κ2) is 8.55. The first-order valence-electron chi connectivity index (χ1n) is 8.19. The predicted octanol–water partition coefficient (Wildman–Crippen LogP) is 4.53. The predicted molar refractivity (Wildman–Crippen MR) is 91.9 cm³/mol. The van der Waals surface area contributed by atoms with E-state index in [1.54, 1.807) is 0 Å². The van der Waals surface area contributed by atoms with Crippen molar-refractivity contribution < 1.29 is 4.74 Å². The average molecular weight is 291 g/mol. The molecule has 2 heteroatoms. The molecule has 0 aliphatic heterocycles. The number of benzene rings is 1. The van der Waals surface area contributed by atoms with Crippen LogP contribution in [-0.4, -0.2) is 25.3 Å². The van der Waals surface area contributed by atoms with E-state index in [1.807, 2.05) is 0 Å². The van der Waals surface area contributed by atoms with Crippen molar-refractivity contribution in [3.8, 4) is 0 Å². The van der Waals surface area contributed by atoms with E-state index in [0.717, 1.165) is 26.1 Å². The van der Waals surface area contributed by atoms with Crippen molar-refractivity contribution in [1.82, 2.24) is 5.32 Å². The zero-order chi connectivity index (χ0) is 15.9. The van der Waals surface area contributed by atoms with Crippen LogP contribution in [0.3, 0.4) is 0 Å². The molecule has 1 atom stereocenters. The highest BCUT2D eigenvalue weighted by Crippen LogP contribution is 2.21. The van der Waals surface area contributed by atoms with Gasteiger partial charge < -0.3 is 10.1 Å². The maximum atomic E-state index is 5.90. The zero-order valence-electron chi connectivity index (χ0n) is 14.7. The fourth-order valence-electron chi connectivity index (χ4n) is 2.28. The minimum absolute atomic E-state index is 0.0524. The summed E-state index contributed by atoms with van der Waals surface area (Å²) in [6.07, 6.45) is 1.06. The van der Waals surface area contributed by atoms with Gasteiger partial charge in [-0.3, -0.25) is 0 Å². The minimum Gasteiger partial charge on any atom is -0.376 e. The zero-order valence-corrected chi connectivity index (χ0v) is 14.7. The Labute approximate surface area is 131 Å². The summed E-state index contributed by atoms with van der Waals surface area (Å²) in [5.41, 5.74) is 2.68. The Morgan fingerprint density at radius 3 is 2.19 bits per heavy atom. The molecule has 0 radical (unpaired) electrons. The molecule has 0 saturated heterocycles. The van der Waals surface area contributed by atoms with Crippen LogP contribution < -0.4 is 5.32 Å². The number of rotatable bonds is 8. The molecule has 1 aromatic carbocycles. The van der Waals surface area contributed by atoms with Crippen LogP contribution in [0, 0.1) is 12.8 Å². The van der Waals surface area contributed by atoms with Gasteiger partial charge in [0, 0.05) is 13.2 Å². The van der Waals surface area contributed by atoms with Gasteiger partial charge in [0.25, 0.3) is 0 Å². The van der Waals surface area contributed by atoms with Crippen LogP contribution in [0.1, 0.15) is 58.1 Å². The van der Waals surface area contributed by atoms with Crippen molar-refractivity contribution in [3.05, 3.63) is 35.4 Å². The topological polar surface area (TPSA) is 21.3 Å². The number of ether oxygens (including phenoxy) is 1. The van der Waals surface area contributed by atoms with Gasteiger partial charge in [0.05, 0.1) is 5.60 Å². The summed E-state index contributed by atoms with van der Waals surface area (Å²) in [6.45, 7) is 15.9. The van der Waals surface area contributed by atoms with Gasteiger partial charge in [0.15, 0.2) is 0 Å². The average Bonchev–Trinajstić information content (AvgIpc) is 2.36. The van der Waals surface area contributed by atoms with Crippen molar-refractivity contribution in [1.29, 1.82) is 0 Å². The van der Waals surface area contributed by atoms with Crippen molar-refractivity contribution in [2.75, 3.05) is 19.7 Å². The lowest BCUT2D eigenvalue weighted by Gasteiger charge is -2.23. The Balaban J connectivity index is 2.59. The Kier molecular flexibility index (Phi) is 7.41. The van der Waals surface area contributed by atoms with E-state index >= 15 is 0 Å². The van der Waals surface area contributed by atoms with Gasteiger partial charge >= 0.3 is 0 Å². The van der Waals surface area contributed by atoms with E-state index in [1.165, 1.54) is 11.1 Å². The quantitative estimate of drug-likeness (QED) is 0.760. The SMILES string of the molecule is Cc1ccc(C(CCOC(C)(C)C)CNCC(C)C)cc1. The van der Waals surface area contributed by atoms with E-state index in [-0.39, 0.29) is 5.60 Å². The minimum atomic E-state index is -0.0524. The fourth-order valence-corrected chi connectivity index (χ4v) is 2.28. The first-order valence-corrected chi connectivity index (χ1v) is 8.19. The second-order valence-electron chi connectivity index (χ2n) is 7.41. The molecule has 0 aliphatic carbocycles. The molecule has 0 saturated carbocycles. The highest BCUT2D eigenvalue weighted by atomic mass is 16.5. The fraction of sp³-hybridized carbons (Fsp3) is 0.684. The molecule has 21 heavy (non-hydrogen) atoms. The summed E-state index contributed by atoms with van der Waals surface area (Å²) < 4.78 is 5.90. The molecule has 1 aromatic rings. The normalized spacial score (nSPS) is 13.7. The van der Waals surface area contributed by atoms with Crippen LogP contribution in [0.25, 0.3) is 0 Å². The van der Waals surface area contributed by atoms with E-state index < -0.39 is 0 Å². The standard InChI is InChI=1S/C19H33NO/c1-15(2)13-20-14-18(11-12-21-19(4,5)6)17-9-7-16(3)8-10-17/h7-10,15,18,20H,11-14H2,1-6H3. The Bertz CT molecular complexity index is 389. The lowest BCUT2D eigenvalue weighted by molar-refractivity contribution is -0.00624. The molecule has 0 amide bonds. The molecule has 1 N–H and O–H groups in total.